The van der Waals surface area contributed by atoms with Crippen molar-refractivity contribution >= 4 is 11.9 Å². The zero-order valence-electron chi connectivity index (χ0n) is 16.5. The summed E-state index contributed by atoms with van der Waals surface area (Å²) in [6.45, 7) is 1.43. The van der Waals surface area contributed by atoms with Crippen LogP contribution < -0.4 is 10.5 Å². The molecule has 2 aromatic carbocycles. The van der Waals surface area contributed by atoms with E-state index in [9.17, 15) is 9.59 Å². The van der Waals surface area contributed by atoms with Gasteiger partial charge in [0.25, 0.3) is 0 Å². The molecule has 29 heavy (non-hydrogen) atoms. The molecule has 154 valence electrons. The SMILES string of the molecule is NCc1ccc(OC[C@@H]2C[C@@H](CC(=O)O)C(=O)N2CCCc2ccccc2)cc1. The maximum atomic E-state index is 12.8. The number of aliphatic carboxylic acids is 1. The van der Waals surface area contributed by atoms with Gasteiger partial charge in [-0.1, -0.05) is 42.5 Å². The number of benzene rings is 2. The molecule has 1 aliphatic rings. The second kappa shape index (κ2) is 10.1. The van der Waals surface area contributed by atoms with Crippen molar-refractivity contribution in [2.75, 3.05) is 13.2 Å². The van der Waals surface area contributed by atoms with Gasteiger partial charge in [-0.2, -0.15) is 0 Å². The number of carboxylic acids is 1. The highest BCUT2D eigenvalue weighted by atomic mass is 16.5. The van der Waals surface area contributed by atoms with Crippen molar-refractivity contribution in [1.82, 2.24) is 4.90 Å². The summed E-state index contributed by atoms with van der Waals surface area (Å²) >= 11 is 0. The Kier molecular flexibility index (Phi) is 7.25. The van der Waals surface area contributed by atoms with Gasteiger partial charge in [0.2, 0.25) is 5.91 Å². The minimum Gasteiger partial charge on any atom is -0.491 e. The van der Waals surface area contributed by atoms with Crippen LogP contribution in [0.3, 0.4) is 0 Å². The molecule has 3 N–H and O–H groups in total. The molecule has 1 fully saturated rings. The summed E-state index contributed by atoms with van der Waals surface area (Å²) in [6, 6.07) is 17.6. The number of amides is 1. The second-order valence-electron chi connectivity index (χ2n) is 7.46. The minimum absolute atomic E-state index is 0.0764. The molecule has 6 nitrogen and oxygen atoms in total. The molecule has 0 unspecified atom stereocenters. The van der Waals surface area contributed by atoms with Crippen LogP contribution in [-0.4, -0.2) is 41.1 Å². The monoisotopic (exact) mass is 396 g/mol. The molecule has 0 spiro atoms. The molecule has 0 bridgehead atoms. The number of rotatable bonds is 10. The van der Waals surface area contributed by atoms with Gasteiger partial charge in [0, 0.05) is 13.1 Å². The van der Waals surface area contributed by atoms with Crippen LogP contribution in [0.15, 0.2) is 54.6 Å². The molecule has 2 aromatic rings. The summed E-state index contributed by atoms with van der Waals surface area (Å²) in [7, 11) is 0. The fourth-order valence-corrected chi connectivity index (χ4v) is 3.82. The van der Waals surface area contributed by atoms with E-state index in [1.807, 2.05) is 47.4 Å². The first kappa shape index (κ1) is 20.9. The third kappa shape index (κ3) is 5.81. The van der Waals surface area contributed by atoms with Crippen molar-refractivity contribution in [3.63, 3.8) is 0 Å². The van der Waals surface area contributed by atoms with Gasteiger partial charge in [-0.05, 0) is 42.5 Å². The molecule has 1 heterocycles. The molecule has 3 rings (SSSR count). The maximum Gasteiger partial charge on any atom is 0.304 e. The van der Waals surface area contributed by atoms with Gasteiger partial charge < -0.3 is 20.5 Å². The molecule has 1 aliphatic heterocycles. The largest absolute Gasteiger partial charge is 0.491 e. The fourth-order valence-electron chi connectivity index (χ4n) is 3.82. The average molecular weight is 396 g/mol. The van der Waals surface area contributed by atoms with Gasteiger partial charge in [-0.15, -0.1) is 0 Å². The topological polar surface area (TPSA) is 92.9 Å². The Morgan fingerprint density at radius 1 is 1.10 bits per heavy atom. The van der Waals surface area contributed by atoms with Crippen molar-refractivity contribution in [2.45, 2.75) is 38.3 Å². The zero-order valence-corrected chi connectivity index (χ0v) is 16.5. The van der Waals surface area contributed by atoms with Crippen LogP contribution in [0.25, 0.3) is 0 Å². The number of aryl methyl sites for hydroxylation is 1. The van der Waals surface area contributed by atoms with Crippen LogP contribution in [0.2, 0.25) is 0 Å². The first-order valence-corrected chi connectivity index (χ1v) is 10.0. The first-order valence-electron chi connectivity index (χ1n) is 10.0. The van der Waals surface area contributed by atoms with Gasteiger partial charge >= 0.3 is 5.97 Å². The minimum atomic E-state index is -0.938. The van der Waals surface area contributed by atoms with Crippen LogP contribution in [0.1, 0.15) is 30.4 Å². The highest BCUT2D eigenvalue weighted by Crippen LogP contribution is 2.28. The Morgan fingerprint density at radius 2 is 1.83 bits per heavy atom. The highest BCUT2D eigenvalue weighted by molar-refractivity contribution is 5.85. The Hall–Kier alpha value is -2.86. The fraction of sp³-hybridized carbons (Fsp3) is 0.391. The normalized spacial score (nSPS) is 18.8. The summed E-state index contributed by atoms with van der Waals surface area (Å²) in [5.41, 5.74) is 7.87. The number of nitrogens with zero attached hydrogens (tertiary/aromatic N) is 1. The molecule has 2 atom stereocenters. The van der Waals surface area contributed by atoms with Gasteiger partial charge in [0.1, 0.15) is 12.4 Å². The van der Waals surface area contributed by atoms with Crippen molar-refractivity contribution in [2.24, 2.45) is 11.7 Å². The summed E-state index contributed by atoms with van der Waals surface area (Å²) in [6.07, 6.45) is 2.09. The number of nitrogens with two attached hydrogens (primary N) is 1. The molecule has 1 amide bonds. The van der Waals surface area contributed by atoms with E-state index in [1.54, 1.807) is 0 Å². The second-order valence-corrected chi connectivity index (χ2v) is 7.46. The lowest BCUT2D eigenvalue weighted by Gasteiger charge is -2.25. The van der Waals surface area contributed by atoms with Crippen LogP contribution in [0.5, 0.6) is 5.75 Å². The lowest BCUT2D eigenvalue weighted by molar-refractivity contribution is -0.142. The number of hydrogen-bond acceptors (Lipinski definition) is 4. The number of hydrogen-bond donors (Lipinski definition) is 2. The standard InChI is InChI=1S/C23H28N2O4/c24-15-18-8-10-21(11-9-18)29-16-20-13-19(14-22(26)27)23(28)25(20)12-4-7-17-5-2-1-3-6-17/h1-3,5-6,8-11,19-20H,4,7,12-16,24H2,(H,26,27)/t19-,20-/m0/s1. The van der Waals surface area contributed by atoms with E-state index >= 15 is 0 Å². The van der Waals surface area contributed by atoms with E-state index in [0.717, 1.165) is 24.2 Å². The number of carboxylic acid groups (broad SMARTS) is 1. The van der Waals surface area contributed by atoms with E-state index in [0.29, 0.717) is 26.1 Å². The van der Waals surface area contributed by atoms with Gasteiger partial charge in [-0.25, -0.2) is 0 Å². The summed E-state index contributed by atoms with van der Waals surface area (Å²) < 4.78 is 5.90. The third-order valence-corrected chi connectivity index (χ3v) is 5.36. The molecular weight excluding hydrogens is 368 g/mol. The Balaban J connectivity index is 1.60. The lowest BCUT2D eigenvalue weighted by Crippen LogP contribution is -2.38. The number of carbonyl (C=O) groups is 2. The van der Waals surface area contributed by atoms with E-state index in [2.05, 4.69) is 12.1 Å². The van der Waals surface area contributed by atoms with E-state index in [1.165, 1.54) is 5.56 Å². The van der Waals surface area contributed by atoms with Crippen molar-refractivity contribution < 1.29 is 19.4 Å². The van der Waals surface area contributed by atoms with E-state index in [4.69, 9.17) is 15.6 Å². The predicted octanol–water partition coefficient (Wildman–Crippen LogP) is 2.85. The third-order valence-electron chi connectivity index (χ3n) is 5.36. The number of carbonyl (C=O) groups excluding carboxylic acids is 1. The molecule has 0 aliphatic carbocycles. The quantitative estimate of drug-likeness (QED) is 0.644. The molecule has 1 saturated heterocycles. The van der Waals surface area contributed by atoms with Gasteiger partial charge in [0.05, 0.1) is 18.4 Å². The smallest absolute Gasteiger partial charge is 0.304 e. The average Bonchev–Trinajstić information content (AvgIpc) is 3.02. The molecular formula is C23H28N2O4. The van der Waals surface area contributed by atoms with E-state index in [-0.39, 0.29) is 18.4 Å². The zero-order chi connectivity index (χ0) is 20.6. The predicted molar refractivity (Wildman–Crippen MR) is 110 cm³/mol. The van der Waals surface area contributed by atoms with Gasteiger partial charge in [-0.3, -0.25) is 9.59 Å². The highest BCUT2D eigenvalue weighted by Gasteiger charge is 2.40. The lowest BCUT2D eigenvalue weighted by atomic mass is 10.0. The molecule has 0 radical (unpaired) electrons. The van der Waals surface area contributed by atoms with Crippen molar-refractivity contribution in [1.29, 1.82) is 0 Å². The van der Waals surface area contributed by atoms with Gasteiger partial charge in [0.15, 0.2) is 0 Å². The van der Waals surface area contributed by atoms with Crippen molar-refractivity contribution in [3.05, 3.63) is 65.7 Å². The molecule has 0 saturated carbocycles. The van der Waals surface area contributed by atoms with Crippen LogP contribution in [0.4, 0.5) is 0 Å². The number of ether oxygens (including phenoxy) is 1. The first-order chi connectivity index (χ1) is 14.1. The summed E-state index contributed by atoms with van der Waals surface area (Å²) in [5, 5.41) is 9.13. The summed E-state index contributed by atoms with van der Waals surface area (Å²) in [5.74, 6) is -0.767. The van der Waals surface area contributed by atoms with Crippen LogP contribution >= 0.6 is 0 Å². The maximum absolute atomic E-state index is 12.8. The van der Waals surface area contributed by atoms with E-state index < -0.39 is 11.9 Å². The number of likely N-dealkylation sites (tertiary alicyclic amines) is 1. The van der Waals surface area contributed by atoms with Crippen LogP contribution in [0, 0.1) is 5.92 Å². The Labute approximate surface area is 171 Å². The summed E-state index contributed by atoms with van der Waals surface area (Å²) in [4.78, 5) is 25.7. The molecule has 0 aromatic heterocycles. The molecule has 6 heteroatoms. The Morgan fingerprint density at radius 3 is 2.48 bits per heavy atom. The van der Waals surface area contributed by atoms with Crippen LogP contribution in [-0.2, 0) is 22.6 Å². The van der Waals surface area contributed by atoms with Crippen molar-refractivity contribution in [3.8, 4) is 5.75 Å². The Bertz CT molecular complexity index is 807.